The van der Waals surface area contributed by atoms with Gasteiger partial charge in [-0.3, -0.25) is 4.68 Å². The van der Waals surface area contributed by atoms with Crippen molar-refractivity contribution in [2.45, 2.75) is 6.92 Å². The first-order valence-electron chi connectivity index (χ1n) is 3.56. The molecule has 0 radical (unpaired) electrons. The second-order valence-corrected chi connectivity index (χ2v) is 2.30. The minimum Gasteiger partial charge on any atom is -0.268 e. The first-order valence-corrected chi connectivity index (χ1v) is 3.56. The molecule has 1 rings (SSSR count). The van der Waals surface area contributed by atoms with Gasteiger partial charge in [-0.25, -0.2) is 0 Å². The maximum Gasteiger partial charge on any atom is 0.0636 e. The molecule has 1 aromatic heterocycles. The summed E-state index contributed by atoms with van der Waals surface area (Å²) >= 11 is 0. The Hall–Kier alpha value is -1.31. The van der Waals surface area contributed by atoms with Crippen LogP contribution in [0.15, 0.2) is 18.9 Å². The van der Waals surface area contributed by atoms with E-state index in [1.54, 1.807) is 6.08 Å². The molecule has 2 heteroatoms. The molecule has 0 aliphatic rings. The van der Waals surface area contributed by atoms with Crippen LogP contribution in [0.3, 0.4) is 0 Å². The quantitative estimate of drug-likeness (QED) is 0.556. The summed E-state index contributed by atoms with van der Waals surface area (Å²) in [6, 6.07) is 0. The van der Waals surface area contributed by atoms with Crippen molar-refractivity contribution < 1.29 is 0 Å². The summed E-state index contributed by atoms with van der Waals surface area (Å²) in [5, 5.41) is 6.36. The molecule has 0 aromatic carbocycles. The highest BCUT2D eigenvalue weighted by atomic mass is 15.2. The molecule has 2 nitrogen and oxygen atoms in total. The summed E-state index contributed by atoms with van der Waals surface area (Å²) < 4.78 is 1.84. The highest BCUT2D eigenvalue weighted by Gasteiger charge is 1.87. The molecule has 58 valence electrons. The van der Waals surface area contributed by atoms with Crippen molar-refractivity contribution in [2.24, 2.45) is 7.05 Å². The van der Waals surface area contributed by atoms with Gasteiger partial charge in [0.15, 0.2) is 0 Å². The third-order valence-electron chi connectivity index (χ3n) is 1.59. The van der Waals surface area contributed by atoms with E-state index in [-0.39, 0.29) is 0 Å². The van der Waals surface area contributed by atoms with Crippen molar-refractivity contribution in [3.05, 3.63) is 29.4 Å². The number of rotatable bonds is 1. The number of hydrogen-bond donors (Lipinski definition) is 0. The minimum absolute atomic E-state index is 1.12. The monoisotopic (exact) mass is 148 g/mol. The van der Waals surface area contributed by atoms with E-state index >= 15 is 0 Å². The van der Waals surface area contributed by atoms with Crippen LogP contribution < -0.4 is 10.6 Å². The van der Waals surface area contributed by atoms with Crippen LogP contribution in [0, 0.1) is 0 Å². The van der Waals surface area contributed by atoms with Crippen molar-refractivity contribution in [1.29, 1.82) is 0 Å². The fourth-order valence-electron chi connectivity index (χ4n) is 1.07. The van der Waals surface area contributed by atoms with E-state index in [2.05, 4.69) is 11.7 Å². The molecule has 0 amide bonds. The number of allylic oxidation sites excluding steroid dienone is 1. The summed E-state index contributed by atoms with van der Waals surface area (Å²) in [5.74, 6) is 0. The van der Waals surface area contributed by atoms with Gasteiger partial charge < -0.3 is 0 Å². The van der Waals surface area contributed by atoms with E-state index in [1.165, 1.54) is 0 Å². The van der Waals surface area contributed by atoms with Gasteiger partial charge in [0, 0.05) is 12.3 Å². The number of aryl methyl sites for hydroxylation is 1. The van der Waals surface area contributed by atoms with Gasteiger partial charge in [-0.1, -0.05) is 24.8 Å². The van der Waals surface area contributed by atoms with Gasteiger partial charge in [0.05, 0.1) is 11.5 Å². The van der Waals surface area contributed by atoms with Gasteiger partial charge in [0.25, 0.3) is 0 Å². The summed E-state index contributed by atoms with van der Waals surface area (Å²) in [5.41, 5.74) is 0. The Balaban J connectivity index is 3.52. The van der Waals surface area contributed by atoms with Crippen molar-refractivity contribution in [3.63, 3.8) is 0 Å². The minimum atomic E-state index is 1.12. The lowest BCUT2D eigenvalue weighted by Crippen LogP contribution is -2.26. The van der Waals surface area contributed by atoms with Crippen LogP contribution in [0.5, 0.6) is 0 Å². The van der Waals surface area contributed by atoms with Crippen LogP contribution in [0.25, 0.3) is 12.2 Å². The molecule has 0 atom stereocenters. The molecule has 0 aliphatic carbocycles. The molecule has 1 heterocycles. The molecule has 0 fully saturated rings. The molecule has 0 saturated carbocycles. The highest BCUT2D eigenvalue weighted by Crippen LogP contribution is 1.66. The molecule has 0 unspecified atom stereocenters. The lowest BCUT2D eigenvalue weighted by molar-refractivity contribution is 0.742. The first kappa shape index (κ1) is 7.79. The Morgan fingerprint density at radius 1 is 1.64 bits per heavy atom. The Labute approximate surface area is 66.2 Å². The van der Waals surface area contributed by atoms with Gasteiger partial charge in [0.2, 0.25) is 0 Å². The number of hydrogen-bond acceptors (Lipinski definition) is 1. The molecule has 0 saturated heterocycles. The van der Waals surface area contributed by atoms with Crippen LogP contribution in [-0.4, -0.2) is 9.78 Å². The average Bonchev–Trinajstić information content (AvgIpc) is 2.33. The molecule has 0 bridgehead atoms. The molecular weight excluding hydrogens is 136 g/mol. The SMILES string of the molecule is C=C/C=c1/cnn(C)/c1=C/C. The maximum absolute atomic E-state index is 4.11. The summed E-state index contributed by atoms with van der Waals surface area (Å²) in [6.45, 7) is 5.63. The van der Waals surface area contributed by atoms with Crippen molar-refractivity contribution in [2.75, 3.05) is 0 Å². The Morgan fingerprint density at radius 2 is 2.36 bits per heavy atom. The summed E-state index contributed by atoms with van der Waals surface area (Å²) in [7, 11) is 1.93. The van der Waals surface area contributed by atoms with Gasteiger partial charge in [0.1, 0.15) is 0 Å². The highest BCUT2D eigenvalue weighted by molar-refractivity contribution is 5.35. The van der Waals surface area contributed by atoms with Crippen LogP contribution in [0.1, 0.15) is 6.92 Å². The van der Waals surface area contributed by atoms with E-state index < -0.39 is 0 Å². The normalized spacial score (nSPS) is 14.0. The van der Waals surface area contributed by atoms with Crippen molar-refractivity contribution >= 4 is 12.2 Å². The fourth-order valence-corrected chi connectivity index (χ4v) is 1.07. The van der Waals surface area contributed by atoms with Crippen molar-refractivity contribution in [3.8, 4) is 0 Å². The molecular formula is C9H12N2. The zero-order chi connectivity index (χ0) is 8.27. The zero-order valence-corrected chi connectivity index (χ0v) is 6.91. The zero-order valence-electron chi connectivity index (χ0n) is 6.91. The van der Waals surface area contributed by atoms with Gasteiger partial charge in [-0.05, 0) is 6.92 Å². The third kappa shape index (κ3) is 1.40. The van der Waals surface area contributed by atoms with E-state index in [4.69, 9.17) is 0 Å². The van der Waals surface area contributed by atoms with E-state index in [0.717, 1.165) is 10.6 Å². The molecule has 0 N–H and O–H groups in total. The average molecular weight is 148 g/mol. The Bertz CT molecular complexity index is 357. The largest absolute Gasteiger partial charge is 0.268 e. The molecule has 11 heavy (non-hydrogen) atoms. The van der Waals surface area contributed by atoms with E-state index in [9.17, 15) is 0 Å². The third-order valence-corrected chi connectivity index (χ3v) is 1.59. The predicted octanol–water partition coefficient (Wildman–Crippen LogP) is 0.187. The van der Waals surface area contributed by atoms with Gasteiger partial charge >= 0.3 is 0 Å². The van der Waals surface area contributed by atoms with E-state index in [0.29, 0.717) is 0 Å². The predicted molar refractivity (Wildman–Crippen MR) is 47.3 cm³/mol. The number of nitrogens with zero attached hydrogens (tertiary/aromatic N) is 2. The molecule has 0 spiro atoms. The fraction of sp³-hybridized carbons (Fsp3) is 0.222. The lowest BCUT2D eigenvalue weighted by Gasteiger charge is -1.85. The van der Waals surface area contributed by atoms with E-state index in [1.807, 2.05) is 37.0 Å². The second kappa shape index (κ2) is 3.19. The second-order valence-electron chi connectivity index (χ2n) is 2.30. The first-order chi connectivity index (χ1) is 5.29. The molecule has 0 aliphatic heterocycles. The summed E-state index contributed by atoms with van der Waals surface area (Å²) in [4.78, 5) is 0. The molecule has 1 aromatic rings. The number of aromatic nitrogens is 2. The van der Waals surface area contributed by atoms with Crippen LogP contribution in [0.4, 0.5) is 0 Å². The van der Waals surface area contributed by atoms with Gasteiger partial charge in [-0.15, -0.1) is 0 Å². The van der Waals surface area contributed by atoms with Crippen LogP contribution in [-0.2, 0) is 7.05 Å². The van der Waals surface area contributed by atoms with Crippen molar-refractivity contribution in [1.82, 2.24) is 9.78 Å². The Kier molecular flexibility index (Phi) is 2.26. The lowest BCUT2D eigenvalue weighted by atomic mass is 10.4. The Morgan fingerprint density at radius 3 is 2.91 bits per heavy atom. The topological polar surface area (TPSA) is 17.8 Å². The maximum atomic E-state index is 4.11. The van der Waals surface area contributed by atoms with Crippen LogP contribution in [0.2, 0.25) is 0 Å². The standard InChI is InChI=1S/C9H12N2/c1-4-6-8-7-10-11(3)9(8)5-2/h4-7H,1H2,2-3H3/b8-6-,9-5+. The summed E-state index contributed by atoms with van der Waals surface area (Å²) in [6.07, 6.45) is 7.58. The van der Waals surface area contributed by atoms with Crippen LogP contribution >= 0.6 is 0 Å². The van der Waals surface area contributed by atoms with Gasteiger partial charge in [-0.2, -0.15) is 5.10 Å². The smallest absolute Gasteiger partial charge is 0.0636 e.